The van der Waals surface area contributed by atoms with Gasteiger partial charge < -0.3 is 10.2 Å². The summed E-state index contributed by atoms with van der Waals surface area (Å²) in [6, 6.07) is 13.7. The van der Waals surface area contributed by atoms with Crippen molar-refractivity contribution in [1.82, 2.24) is 10.2 Å². The molecule has 0 spiro atoms. The van der Waals surface area contributed by atoms with Gasteiger partial charge in [-0.15, -0.1) is 0 Å². The third-order valence-corrected chi connectivity index (χ3v) is 6.73. The highest BCUT2D eigenvalue weighted by atomic mass is 16.1. The molecule has 0 saturated carbocycles. The van der Waals surface area contributed by atoms with E-state index < -0.39 is 0 Å². The van der Waals surface area contributed by atoms with E-state index in [4.69, 9.17) is 4.99 Å². The van der Waals surface area contributed by atoms with Crippen LogP contribution in [-0.2, 0) is 0 Å². The molecule has 5 rings (SSSR count). The minimum absolute atomic E-state index is 0.0203. The van der Waals surface area contributed by atoms with E-state index in [0.29, 0.717) is 6.54 Å². The molecule has 0 aromatic heterocycles. The Labute approximate surface area is 177 Å². The first kappa shape index (κ1) is 19.2. The quantitative estimate of drug-likeness (QED) is 0.792. The van der Waals surface area contributed by atoms with Gasteiger partial charge in [0.25, 0.3) is 5.91 Å². The van der Waals surface area contributed by atoms with Crippen LogP contribution in [0.1, 0.15) is 63.4 Å². The second kappa shape index (κ2) is 7.80. The predicted octanol–water partition coefficient (Wildman–Crippen LogP) is 3.95. The van der Waals surface area contributed by atoms with Gasteiger partial charge in [-0.3, -0.25) is 14.6 Å². The molecule has 1 saturated heterocycles. The van der Waals surface area contributed by atoms with Gasteiger partial charge in [-0.05, 0) is 75.1 Å². The number of rotatable bonds is 3. The molecular formula is C25H27N3O2. The van der Waals surface area contributed by atoms with Gasteiger partial charge in [0, 0.05) is 29.5 Å². The van der Waals surface area contributed by atoms with Gasteiger partial charge in [-0.25, -0.2) is 0 Å². The summed E-state index contributed by atoms with van der Waals surface area (Å²) < 4.78 is 0. The van der Waals surface area contributed by atoms with Crippen molar-refractivity contribution < 1.29 is 9.59 Å². The maximum Gasteiger partial charge on any atom is 0.251 e. The third-order valence-electron chi connectivity index (χ3n) is 6.73. The average molecular weight is 402 g/mol. The van der Waals surface area contributed by atoms with Gasteiger partial charge in [-0.2, -0.15) is 0 Å². The molecule has 1 N–H and O–H groups in total. The summed E-state index contributed by atoms with van der Waals surface area (Å²) in [7, 11) is 2.13. The Morgan fingerprint density at radius 2 is 1.97 bits per heavy atom. The van der Waals surface area contributed by atoms with Crippen molar-refractivity contribution in [3.8, 4) is 0 Å². The molecule has 2 unspecified atom stereocenters. The third kappa shape index (κ3) is 3.37. The Morgan fingerprint density at radius 1 is 1.10 bits per heavy atom. The van der Waals surface area contributed by atoms with Crippen LogP contribution in [0.15, 0.2) is 47.5 Å². The minimum atomic E-state index is -0.0203. The molecule has 0 radical (unpaired) electrons. The Bertz CT molecular complexity index is 1040. The molecule has 5 heteroatoms. The number of hydrogen-bond acceptors (Lipinski definition) is 4. The minimum Gasteiger partial charge on any atom is -0.352 e. The van der Waals surface area contributed by atoms with Gasteiger partial charge in [0.05, 0.1) is 11.4 Å². The van der Waals surface area contributed by atoms with Crippen LogP contribution < -0.4 is 5.32 Å². The SMILES string of the molecule is CN1CCCC(C(=O)c2cccc(C3=Nc4cccc5c4C3CCNC5=O)c2)CC1. The topological polar surface area (TPSA) is 61.8 Å². The number of aliphatic imine (C=N–C) groups is 1. The molecular weight excluding hydrogens is 374 g/mol. The number of ketones is 1. The molecule has 0 bridgehead atoms. The molecule has 3 heterocycles. The smallest absolute Gasteiger partial charge is 0.251 e. The molecule has 0 aliphatic carbocycles. The Kier molecular flexibility index (Phi) is 4.99. The van der Waals surface area contributed by atoms with E-state index >= 15 is 0 Å². The lowest BCUT2D eigenvalue weighted by Gasteiger charge is -2.16. The van der Waals surface area contributed by atoms with E-state index in [1.54, 1.807) is 0 Å². The van der Waals surface area contributed by atoms with E-state index in [1.165, 1.54) is 0 Å². The van der Waals surface area contributed by atoms with Crippen LogP contribution in [0.4, 0.5) is 5.69 Å². The number of carbonyl (C=O) groups is 2. The summed E-state index contributed by atoms with van der Waals surface area (Å²) in [5.74, 6) is 0.418. The molecule has 30 heavy (non-hydrogen) atoms. The number of hydrogen-bond donors (Lipinski definition) is 1. The van der Waals surface area contributed by atoms with Crippen LogP contribution in [0.2, 0.25) is 0 Å². The molecule has 5 nitrogen and oxygen atoms in total. The monoisotopic (exact) mass is 401 g/mol. The largest absolute Gasteiger partial charge is 0.352 e. The second-order valence-corrected chi connectivity index (χ2v) is 8.71. The first-order valence-electron chi connectivity index (χ1n) is 10.9. The fourth-order valence-corrected chi connectivity index (χ4v) is 5.10. The van der Waals surface area contributed by atoms with Crippen molar-refractivity contribution in [2.45, 2.75) is 31.6 Å². The highest BCUT2D eigenvalue weighted by Crippen LogP contribution is 2.42. The van der Waals surface area contributed by atoms with E-state index in [-0.39, 0.29) is 23.5 Å². The Balaban J connectivity index is 1.46. The summed E-state index contributed by atoms with van der Waals surface area (Å²) in [4.78, 5) is 32.9. The van der Waals surface area contributed by atoms with E-state index in [0.717, 1.165) is 72.4 Å². The molecule has 2 atom stereocenters. The highest BCUT2D eigenvalue weighted by Gasteiger charge is 2.34. The summed E-state index contributed by atoms with van der Waals surface area (Å²) >= 11 is 0. The van der Waals surface area contributed by atoms with E-state index in [9.17, 15) is 9.59 Å². The number of Topliss-reactive ketones (excluding diaryl/α,β-unsaturated/α-hetero) is 1. The molecule has 2 aromatic carbocycles. The van der Waals surface area contributed by atoms with E-state index in [2.05, 4.69) is 17.3 Å². The maximum atomic E-state index is 13.2. The van der Waals surface area contributed by atoms with Crippen molar-refractivity contribution in [3.05, 3.63) is 64.7 Å². The number of benzene rings is 2. The normalized spacial score (nSPS) is 23.8. The van der Waals surface area contributed by atoms with Crippen molar-refractivity contribution in [2.24, 2.45) is 10.9 Å². The number of likely N-dealkylation sites (tertiary alicyclic amines) is 1. The van der Waals surface area contributed by atoms with Gasteiger partial charge in [0.1, 0.15) is 0 Å². The molecule has 154 valence electrons. The second-order valence-electron chi connectivity index (χ2n) is 8.71. The summed E-state index contributed by atoms with van der Waals surface area (Å²) in [5, 5.41) is 2.99. The van der Waals surface area contributed by atoms with Crippen LogP contribution in [-0.4, -0.2) is 49.0 Å². The maximum absolute atomic E-state index is 13.2. The fourth-order valence-electron chi connectivity index (χ4n) is 5.10. The Hall–Kier alpha value is -2.79. The average Bonchev–Trinajstić information content (AvgIpc) is 2.87. The highest BCUT2D eigenvalue weighted by molar-refractivity contribution is 6.13. The molecule has 3 aliphatic heterocycles. The molecule has 1 fully saturated rings. The zero-order valence-electron chi connectivity index (χ0n) is 17.4. The Morgan fingerprint density at radius 3 is 2.87 bits per heavy atom. The van der Waals surface area contributed by atoms with Crippen molar-refractivity contribution in [3.63, 3.8) is 0 Å². The van der Waals surface area contributed by atoms with Crippen molar-refractivity contribution in [2.75, 3.05) is 26.7 Å². The standard InChI is InChI=1S/C25H27N3O2/c1-28-13-4-7-16(11-14-28)24(29)18-6-2-5-17(15-18)23-19-10-12-26-25(30)20-8-3-9-21(27-23)22(19)20/h2-3,5-6,8-9,15-16,19H,4,7,10-14H2,1H3,(H,26,30). The van der Waals surface area contributed by atoms with Gasteiger partial charge in [-0.1, -0.05) is 24.3 Å². The first-order chi connectivity index (χ1) is 14.6. The zero-order valence-corrected chi connectivity index (χ0v) is 17.4. The van der Waals surface area contributed by atoms with Crippen molar-refractivity contribution >= 4 is 23.1 Å². The summed E-state index contributed by atoms with van der Waals surface area (Å²) in [6.45, 7) is 2.67. The fraction of sp³-hybridized carbons (Fsp3) is 0.400. The number of nitrogens with one attached hydrogen (secondary N) is 1. The predicted molar refractivity (Wildman–Crippen MR) is 118 cm³/mol. The number of amides is 1. The lowest BCUT2D eigenvalue weighted by molar-refractivity contribution is 0.0907. The van der Waals surface area contributed by atoms with E-state index in [1.807, 2.05) is 42.5 Å². The molecule has 3 aliphatic rings. The number of carbonyl (C=O) groups excluding carboxylic acids is 2. The summed E-state index contributed by atoms with van der Waals surface area (Å²) in [5.41, 5.74) is 5.39. The van der Waals surface area contributed by atoms with Crippen LogP contribution >= 0.6 is 0 Å². The van der Waals surface area contributed by atoms with Crippen LogP contribution in [0.5, 0.6) is 0 Å². The van der Waals surface area contributed by atoms with Crippen LogP contribution in [0.25, 0.3) is 0 Å². The first-order valence-corrected chi connectivity index (χ1v) is 10.9. The lowest BCUT2D eigenvalue weighted by Crippen LogP contribution is -2.23. The summed E-state index contributed by atoms with van der Waals surface area (Å²) in [6.07, 6.45) is 3.77. The van der Waals surface area contributed by atoms with Crippen LogP contribution in [0.3, 0.4) is 0 Å². The lowest BCUT2D eigenvalue weighted by atomic mass is 9.85. The van der Waals surface area contributed by atoms with Gasteiger partial charge in [0.15, 0.2) is 5.78 Å². The van der Waals surface area contributed by atoms with Gasteiger partial charge >= 0.3 is 0 Å². The van der Waals surface area contributed by atoms with Crippen molar-refractivity contribution in [1.29, 1.82) is 0 Å². The van der Waals surface area contributed by atoms with Crippen LogP contribution in [0, 0.1) is 5.92 Å². The zero-order chi connectivity index (χ0) is 20.7. The van der Waals surface area contributed by atoms with Gasteiger partial charge in [0.2, 0.25) is 0 Å². The number of nitrogens with zero attached hydrogens (tertiary/aromatic N) is 2. The molecule has 1 amide bonds. The molecule has 2 aromatic rings.